The highest BCUT2D eigenvalue weighted by molar-refractivity contribution is 9.10. The van der Waals surface area contributed by atoms with Crippen LogP contribution in [0.5, 0.6) is 0 Å². The molecule has 0 radical (unpaired) electrons. The molecule has 0 aromatic heterocycles. The first-order chi connectivity index (χ1) is 13.4. The van der Waals surface area contributed by atoms with Crippen molar-refractivity contribution in [3.63, 3.8) is 0 Å². The fraction of sp³-hybridized carbons (Fsp3) is 0.333. The van der Waals surface area contributed by atoms with E-state index < -0.39 is 6.04 Å². The van der Waals surface area contributed by atoms with Crippen molar-refractivity contribution in [1.82, 2.24) is 10.2 Å². The molecule has 0 bridgehead atoms. The molecule has 0 saturated heterocycles. The first-order valence-corrected chi connectivity index (χ1v) is 11.0. The predicted octanol–water partition coefficient (Wildman–Crippen LogP) is 4.37. The van der Waals surface area contributed by atoms with Gasteiger partial charge in [-0.2, -0.15) is 0 Å². The zero-order valence-electron chi connectivity index (χ0n) is 16.0. The van der Waals surface area contributed by atoms with Gasteiger partial charge in [-0.1, -0.05) is 40.2 Å². The summed E-state index contributed by atoms with van der Waals surface area (Å²) in [6.07, 6.45) is 0. The molecule has 0 heterocycles. The number of nitrogens with one attached hydrogen (secondary N) is 1. The molecule has 7 heteroatoms. The molecule has 0 saturated carbocycles. The largest absolute Gasteiger partial charge is 0.355 e. The van der Waals surface area contributed by atoms with Crippen LogP contribution >= 0.6 is 27.7 Å². The lowest BCUT2D eigenvalue weighted by Gasteiger charge is -2.28. The maximum atomic E-state index is 13.2. The lowest BCUT2D eigenvalue weighted by Crippen LogP contribution is -2.48. The van der Waals surface area contributed by atoms with Crippen LogP contribution in [0.25, 0.3) is 0 Å². The highest BCUT2D eigenvalue weighted by atomic mass is 79.9. The number of hydrogen-bond donors (Lipinski definition) is 1. The molecular formula is C21H24BrFN2O2S. The Labute approximate surface area is 178 Å². The second kappa shape index (κ2) is 11.2. The zero-order chi connectivity index (χ0) is 20.5. The van der Waals surface area contributed by atoms with Gasteiger partial charge in [-0.15, -0.1) is 11.8 Å². The van der Waals surface area contributed by atoms with Crippen molar-refractivity contribution in [3.05, 3.63) is 69.9 Å². The molecule has 4 nitrogen and oxygen atoms in total. The molecule has 2 amide bonds. The normalized spacial score (nSPS) is 11.7. The smallest absolute Gasteiger partial charge is 0.242 e. The van der Waals surface area contributed by atoms with Gasteiger partial charge in [0.15, 0.2) is 0 Å². The number of hydrogen-bond acceptors (Lipinski definition) is 3. The number of halogens is 2. The van der Waals surface area contributed by atoms with E-state index in [1.165, 1.54) is 23.9 Å². The Kier molecular flexibility index (Phi) is 8.99. The van der Waals surface area contributed by atoms with Crippen molar-refractivity contribution in [1.29, 1.82) is 0 Å². The minimum absolute atomic E-state index is 0.120. The number of nitrogens with zero attached hydrogens (tertiary/aromatic N) is 1. The van der Waals surface area contributed by atoms with Crippen molar-refractivity contribution in [3.8, 4) is 0 Å². The van der Waals surface area contributed by atoms with Gasteiger partial charge in [0.25, 0.3) is 0 Å². The number of amides is 2. The van der Waals surface area contributed by atoms with Gasteiger partial charge in [0, 0.05) is 23.3 Å². The summed E-state index contributed by atoms with van der Waals surface area (Å²) >= 11 is 4.91. The summed E-state index contributed by atoms with van der Waals surface area (Å²) in [5.41, 5.74) is 1.91. The van der Waals surface area contributed by atoms with Crippen molar-refractivity contribution in [2.75, 3.05) is 12.3 Å². The van der Waals surface area contributed by atoms with Crippen LogP contribution in [0.3, 0.4) is 0 Å². The molecule has 1 atom stereocenters. The topological polar surface area (TPSA) is 49.4 Å². The predicted molar refractivity (Wildman–Crippen MR) is 115 cm³/mol. The van der Waals surface area contributed by atoms with Crippen molar-refractivity contribution < 1.29 is 14.0 Å². The van der Waals surface area contributed by atoms with Crippen LogP contribution in [0.2, 0.25) is 0 Å². The van der Waals surface area contributed by atoms with Crippen molar-refractivity contribution in [2.45, 2.75) is 32.2 Å². The summed E-state index contributed by atoms with van der Waals surface area (Å²) in [5.74, 6) is 0.324. The average molecular weight is 467 g/mol. The average Bonchev–Trinajstić information content (AvgIpc) is 2.68. The van der Waals surface area contributed by atoms with Crippen molar-refractivity contribution in [2.24, 2.45) is 0 Å². The van der Waals surface area contributed by atoms with E-state index in [0.717, 1.165) is 15.6 Å². The van der Waals surface area contributed by atoms with Gasteiger partial charge in [-0.25, -0.2) is 4.39 Å². The molecule has 150 valence electrons. The molecule has 2 aromatic carbocycles. The highest BCUT2D eigenvalue weighted by Crippen LogP contribution is 2.18. The van der Waals surface area contributed by atoms with Crippen LogP contribution in [0.1, 0.15) is 25.0 Å². The highest BCUT2D eigenvalue weighted by Gasteiger charge is 2.25. The van der Waals surface area contributed by atoms with Crippen LogP contribution in [0, 0.1) is 5.82 Å². The van der Waals surface area contributed by atoms with E-state index in [9.17, 15) is 14.0 Å². The van der Waals surface area contributed by atoms with Crippen LogP contribution in [0.15, 0.2) is 53.0 Å². The molecular weight excluding hydrogens is 443 g/mol. The van der Waals surface area contributed by atoms with E-state index in [4.69, 9.17) is 0 Å². The fourth-order valence-electron chi connectivity index (χ4n) is 2.61. The zero-order valence-corrected chi connectivity index (χ0v) is 18.4. The molecule has 0 aliphatic heterocycles. The fourth-order valence-corrected chi connectivity index (χ4v) is 3.75. The number of benzene rings is 2. The first-order valence-electron chi connectivity index (χ1n) is 9.04. The SMILES string of the molecule is CCNC(=O)[C@@H](C)N(Cc1ccc(F)cc1)C(=O)CSCc1ccc(Br)cc1. The van der Waals surface area contributed by atoms with Gasteiger partial charge in [0.1, 0.15) is 11.9 Å². The molecule has 0 fully saturated rings. The molecule has 28 heavy (non-hydrogen) atoms. The second-order valence-electron chi connectivity index (χ2n) is 6.34. The standard InChI is InChI=1S/C21H24BrFN2O2S/c1-3-24-21(27)15(2)25(12-16-6-10-19(23)11-7-16)20(26)14-28-13-17-4-8-18(22)9-5-17/h4-11,15H,3,12-14H2,1-2H3,(H,24,27)/t15-/m1/s1. The molecule has 1 N–H and O–H groups in total. The van der Waals surface area contributed by atoms with Gasteiger partial charge in [-0.3, -0.25) is 9.59 Å². The Hall–Kier alpha value is -1.86. The van der Waals surface area contributed by atoms with E-state index in [0.29, 0.717) is 12.3 Å². The van der Waals surface area contributed by atoms with Crippen LogP contribution in [-0.4, -0.2) is 35.1 Å². The second-order valence-corrected chi connectivity index (χ2v) is 8.24. The summed E-state index contributed by atoms with van der Waals surface area (Å²) in [4.78, 5) is 26.7. The Balaban J connectivity index is 2.03. The number of likely N-dealkylation sites (N-methyl/N-ethyl adjacent to an activating group) is 1. The minimum Gasteiger partial charge on any atom is -0.355 e. The van der Waals surface area contributed by atoms with Gasteiger partial charge in [0.05, 0.1) is 5.75 Å². The summed E-state index contributed by atoms with van der Waals surface area (Å²) in [6, 6.07) is 13.3. The maximum Gasteiger partial charge on any atom is 0.242 e. The quantitative estimate of drug-likeness (QED) is 0.596. The Morgan fingerprint density at radius 2 is 1.71 bits per heavy atom. The van der Waals surface area contributed by atoms with E-state index in [1.54, 1.807) is 24.0 Å². The van der Waals surface area contributed by atoms with Gasteiger partial charge in [0.2, 0.25) is 11.8 Å². The van der Waals surface area contributed by atoms with E-state index >= 15 is 0 Å². The molecule has 0 spiro atoms. The lowest BCUT2D eigenvalue weighted by atomic mass is 10.1. The molecule has 0 aliphatic carbocycles. The third-order valence-corrected chi connectivity index (χ3v) is 5.71. The Morgan fingerprint density at radius 3 is 2.32 bits per heavy atom. The minimum atomic E-state index is -0.606. The molecule has 2 aromatic rings. The van der Waals surface area contributed by atoms with E-state index in [-0.39, 0.29) is 29.9 Å². The van der Waals surface area contributed by atoms with E-state index in [1.807, 2.05) is 31.2 Å². The number of carbonyl (C=O) groups is 2. The summed E-state index contributed by atoms with van der Waals surface area (Å²) in [6.45, 7) is 4.31. The third-order valence-electron chi connectivity index (χ3n) is 4.19. The van der Waals surface area contributed by atoms with Crippen LogP contribution < -0.4 is 5.32 Å². The van der Waals surface area contributed by atoms with Gasteiger partial charge >= 0.3 is 0 Å². The Bertz CT molecular complexity index is 784. The summed E-state index contributed by atoms with van der Waals surface area (Å²) < 4.78 is 14.2. The number of carbonyl (C=O) groups excluding carboxylic acids is 2. The first kappa shape index (κ1) is 22.4. The van der Waals surface area contributed by atoms with E-state index in [2.05, 4.69) is 21.2 Å². The Morgan fingerprint density at radius 1 is 1.11 bits per heavy atom. The third kappa shape index (κ3) is 6.95. The van der Waals surface area contributed by atoms with Gasteiger partial charge < -0.3 is 10.2 Å². The van der Waals surface area contributed by atoms with Crippen LogP contribution in [-0.2, 0) is 21.9 Å². The number of thioether (sulfide) groups is 1. The molecule has 0 aliphatic rings. The van der Waals surface area contributed by atoms with Crippen molar-refractivity contribution >= 4 is 39.5 Å². The molecule has 0 unspecified atom stereocenters. The van der Waals surface area contributed by atoms with Crippen LogP contribution in [0.4, 0.5) is 4.39 Å². The molecule has 2 rings (SSSR count). The monoisotopic (exact) mass is 466 g/mol. The summed E-state index contributed by atoms with van der Waals surface area (Å²) in [5, 5.41) is 2.76. The maximum absolute atomic E-state index is 13.2. The van der Waals surface area contributed by atoms with Gasteiger partial charge in [-0.05, 0) is 49.2 Å². The lowest BCUT2D eigenvalue weighted by molar-refractivity contribution is -0.138. The number of rotatable bonds is 9. The summed E-state index contributed by atoms with van der Waals surface area (Å²) in [7, 11) is 0.